The van der Waals surface area contributed by atoms with E-state index in [2.05, 4.69) is 6.92 Å². The summed E-state index contributed by atoms with van der Waals surface area (Å²) in [6, 6.07) is 0. The second-order valence-corrected chi connectivity index (χ2v) is 11.5. The van der Waals surface area contributed by atoms with Crippen LogP contribution < -0.4 is 0 Å². The second kappa shape index (κ2) is 9.98. The van der Waals surface area contributed by atoms with Crippen LogP contribution in [0.4, 0.5) is 0 Å². The number of esters is 2. The Morgan fingerprint density at radius 2 is 1.95 bits per heavy atom. The van der Waals surface area contributed by atoms with E-state index < -0.39 is 58.6 Å². The van der Waals surface area contributed by atoms with E-state index in [1.807, 2.05) is 25.8 Å². The molecule has 4 aliphatic rings. The minimum absolute atomic E-state index is 0.00724. The number of nitrogens with zero attached hydrogens (tertiary/aromatic N) is 1. The Morgan fingerprint density at radius 1 is 1.24 bits per heavy atom. The van der Waals surface area contributed by atoms with Crippen LogP contribution in [0.5, 0.6) is 0 Å². The summed E-state index contributed by atoms with van der Waals surface area (Å²) in [5, 5.41) is 10.9. The first-order chi connectivity index (χ1) is 17.4. The molecule has 9 heteroatoms. The molecule has 0 aromatic rings. The van der Waals surface area contributed by atoms with Gasteiger partial charge in [0.05, 0.1) is 24.2 Å². The minimum Gasteiger partial charge on any atom is -0.458 e. The van der Waals surface area contributed by atoms with Gasteiger partial charge in [-0.2, -0.15) is 0 Å². The smallest absolute Gasteiger partial charge is 0.336 e. The van der Waals surface area contributed by atoms with Gasteiger partial charge in [-0.05, 0) is 37.2 Å². The molecule has 1 saturated carbocycles. The molecule has 1 N–H and O–H groups in total. The second-order valence-electron chi connectivity index (χ2n) is 11.5. The molecule has 0 radical (unpaired) electrons. The predicted molar refractivity (Wildman–Crippen MR) is 133 cm³/mol. The van der Waals surface area contributed by atoms with Crippen molar-refractivity contribution in [3.63, 3.8) is 0 Å². The SMILES string of the molecule is CCCCN(C)/C=C1\C(=O)O[C@H](COC)[C@]2(C)C3=C(C(=O)C(=O)C12)C1CC[C@H](O)[C@@]1(C)C[C@H]3OC(C)=O. The fourth-order valence-electron chi connectivity index (χ4n) is 7.20. The number of allylic oxidation sites excluding steroid dienone is 1. The number of fused-ring (bicyclic) bond motifs is 4. The van der Waals surface area contributed by atoms with Crippen molar-refractivity contribution in [1.29, 1.82) is 0 Å². The Morgan fingerprint density at radius 3 is 2.57 bits per heavy atom. The molecule has 0 spiro atoms. The maximum Gasteiger partial charge on any atom is 0.336 e. The molecule has 3 aliphatic carbocycles. The number of ketones is 2. The van der Waals surface area contributed by atoms with Crippen LogP contribution in [0.2, 0.25) is 0 Å². The van der Waals surface area contributed by atoms with E-state index in [4.69, 9.17) is 14.2 Å². The Labute approximate surface area is 218 Å². The summed E-state index contributed by atoms with van der Waals surface area (Å²) in [4.78, 5) is 55.2. The zero-order chi connectivity index (χ0) is 27.3. The maximum atomic E-state index is 14.0. The zero-order valence-corrected chi connectivity index (χ0v) is 22.7. The van der Waals surface area contributed by atoms with Crippen molar-refractivity contribution >= 4 is 23.5 Å². The molecule has 1 heterocycles. The molecule has 204 valence electrons. The third-order valence-corrected chi connectivity index (χ3v) is 9.10. The van der Waals surface area contributed by atoms with Crippen LogP contribution in [0.1, 0.15) is 59.8 Å². The zero-order valence-electron chi connectivity index (χ0n) is 22.7. The average molecular weight is 518 g/mol. The van der Waals surface area contributed by atoms with E-state index >= 15 is 0 Å². The number of carbonyl (C=O) groups excluding carboxylic acids is 4. The van der Waals surface area contributed by atoms with Gasteiger partial charge in [-0.25, -0.2) is 4.79 Å². The predicted octanol–water partition coefficient (Wildman–Crippen LogP) is 2.36. The molecule has 2 unspecified atom stereocenters. The van der Waals surface area contributed by atoms with Gasteiger partial charge < -0.3 is 24.2 Å². The molecule has 1 aliphatic heterocycles. The fraction of sp³-hybridized carbons (Fsp3) is 0.714. The number of cyclic esters (lactones) is 1. The average Bonchev–Trinajstić information content (AvgIpc) is 3.12. The molecule has 7 atom stereocenters. The number of ether oxygens (including phenoxy) is 3. The standard InChI is InChI=1S/C28H39NO8/c1-7-8-11-29(5)13-16-22-25(33)24(32)21-17-9-10-19(31)27(17,3)12-18(36-15(2)30)23(21)28(22,4)20(14-35-6)37-26(16)34/h13,17-20,22,31H,7-12,14H2,1-6H3/b16-13-/t17?,18-,19+,20-,22?,27+,28+/m1/s1. The summed E-state index contributed by atoms with van der Waals surface area (Å²) < 4.78 is 17.2. The van der Waals surface area contributed by atoms with Gasteiger partial charge >= 0.3 is 11.9 Å². The van der Waals surface area contributed by atoms with Gasteiger partial charge in [0.1, 0.15) is 12.2 Å². The van der Waals surface area contributed by atoms with E-state index in [-0.39, 0.29) is 18.1 Å². The maximum absolute atomic E-state index is 14.0. The fourth-order valence-corrected chi connectivity index (χ4v) is 7.20. The monoisotopic (exact) mass is 517 g/mol. The lowest BCUT2D eigenvalue weighted by Gasteiger charge is -2.56. The van der Waals surface area contributed by atoms with Crippen LogP contribution in [-0.2, 0) is 33.4 Å². The quantitative estimate of drug-likeness (QED) is 0.308. The Hall–Kier alpha value is -2.52. The first-order valence-corrected chi connectivity index (χ1v) is 13.2. The molecule has 0 bridgehead atoms. The molecule has 9 nitrogen and oxygen atoms in total. The summed E-state index contributed by atoms with van der Waals surface area (Å²) in [6.45, 7) is 7.75. The van der Waals surface area contributed by atoms with Gasteiger partial charge in [-0.15, -0.1) is 0 Å². The van der Waals surface area contributed by atoms with Gasteiger partial charge in [0.25, 0.3) is 0 Å². The lowest BCUT2D eigenvalue weighted by molar-refractivity contribution is -0.175. The van der Waals surface area contributed by atoms with Gasteiger partial charge in [0.15, 0.2) is 0 Å². The largest absolute Gasteiger partial charge is 0.458 e. The molecular formula is C28H39NO8. The number of Topliss-reactive ketones (excluding diaryl/α,β-unsaturated/α-hetero) is 2. The van der Waals surface area contributed by atoms with Crippen LogP contribution in [0.25, 0.3) is 0 Å². The van der Waals surface area contributed by atoms with Crippen molar-refractivity contribution in [3.05, 3.63) is 22.9 Å². The van der Waals surface area contributed by atoms with Gasteiger partial charge in [-0.1, -0.05) is 27.2 Å². The van der Waals surface area contributed by atoms with E-state index in [1.54, 1.807) is 6.20 Å². The van der Waals surface area contributed by atoms with Crippen LogP contribution in [0.15, 0.2) is 22.9 Å². The highest BCUT2D eigenvalue weighted by atomic mass is 16.6. The number of aliphatic hydroxyl groups excluding tert-OH is 1. The molecule has 0 aromatic carbocycles. The molecule has 0 amide bonds. The topological polar surface area (TPSA) is 119 Å². The van der Waals surface area contributed by atoms with Crippen molar-refractivity contribution in [1.82, 2.24) is 4.90 Å². The van der Waals surface area contributed by atoms with Crippen LogP contribution >= 0.6 is 0 Å². The number of unbranched alkanes of at least 4 members (excludes halogenated alkanes) is 1. The molecular weight excluding hydrogens is 478 g/mol. The molecule has 37 heavy (non-hydrogen) atoms. The third kappa shape index (κ3) is 4.24. The van der Waals surface area contributed by atoms with Crippen molar-refractivity contribution in [3.8, 4) is 0 Å². The van der Waals surface area contributed by atoms with Gasteiger partial charge in [-0.3, -0.25) is 14.4 Å². The number of carbonyl (C=O) groups is 4. The van der Waals surface area contributed by atoms with E-state index in [0.29, 0.717) is 37.0 Å². The van der Waals surface area contributed by atoms with Crippen molar-refractivity contribution in [2.24, 2.45) is 22.7 Å². The Kier molecular flexibility index (Phi) is 7.42. The summed E-state index contributed by atoms with van der Waals surface area (Å²) in [7, 11) is 3.30. The minimum atomic E-state index is -1.17. The highest BCUT2D eigenvalue weighted by Gasteiger charge is 2.67. The number of hydrogen-bond donors (Lipinski definition) is 1. The number of hydrogen-bond acceptors (Lipinski definition) is 9. The van der Waals surface area contributed by atoms with E-state index in [1.165, 1.54) is 14.0 Å². The van der Waals surface area contributed by atoms with Crippen LogP contribution in [0.3, 0.4) is 0 Å². The molecule has 4 rings (SSSR count). The lowest BCUT2D eigenvalue weighted by atomic mass is 9.50. The van der Waals surface area contributed by atoms with Crippen molar-refractivity contribution in [2.75, 3.05) is 27.3 Å². The van der Waals surface area contributed by atoms with Crippen molar-refractivity contribution < 1.29 is 38.5 Å². The first kappa shape index (κ1) is 27.5. The summed E-state index contributed by atoms with van der Waals surface area (Å²) in [5.41, 5.74) is -0.918. The molecule has 0 aromatic heterocycles. The number of methoxy groups -OCH3 is 1. The normalized spacial score (nSPS) is 38.2. The van der Waals surface area contributed by atoms with Gasteiger partial charge in [0, 0.05) is 50.2 Å². The lowest BCUT2D eigenvalue weighted by Crippen LogP contribution is -2.63. The Balaban J connectivity index is 1.96. The summed E-state index contributed by atoms with van der Waals surface area (Å²) in [6.07, 6.45) is 2.39. The molecule has 2 fully saturated rings. The first-order valence-electron chi connectivity index (χ1n) is 13.2. The van der Waals surface area contributed by atoms with Crippen LogP contribution in [0, 0.1) is 22.7 Å². The van der Waals surface area contributed by atoms with Crippen LogP contribution in [-0.4, -0.2) is 79.1 Å². The van der Waals surface area contributed by atoms with E-state index in [0.717, 1.165) is 12.8 Å². The summed E-state index contributed by atoms with van der Waals surface area (Å²) in [5.74, 6) is -3.97. The van der Waals surface area contributed by atoms with E-state index in [9.17, 15) is 24.3 Å². The number of rotatable bonds is 7. The van der Waals surface area contributed by atoms with Gasteiger partial charge in [0.2, 0.25) is 11.6 Å². The Bertz CT molecular complexity index is 1060. The highest BCUT2D eigenvalue weighted by Crippen LogP contribution is 2.63. The third-order valence-electron chi connectivity index (χ3n) is 9.10. The number of aliphatic hydroxyl groups is 1. The highest BCUT2D eigenvalue weighted by molar-refractivity contribution is 6.47. The molecule has 1 saturated heterocycles. The summed E-state index contributed by atoms with van der Waals surface area (Å²) >= 11 is 0. The van der Waals surface area contributed by atoms with Crippen molar-refractivity contribution in [2.45, 2.75) is 78.1 Å².